The Kier molecular flexibility index (Phi) is 6.87. The number of carbonyl (C=O) groups excluding carboxylic acids is 2. The van der Waals surface area contributed by atoms with Crippen LogP contribution in [0.1, 0.15) is 15.9 Å². The highest BCUT2D eigenvalue weighted by atomic mass is 32.2. The Labute approximate surface area is 163 Å². The van der Waals surface area contributed by atoms with Crippen LogP contribution in [0.4, 0.5) is 4.39 Å². The van der Waals surface area contributed by atoms with E-state index in [9.17, 15) is 22.4 Å². The number of primary amides is 1. The predicted octanol–water partition coefficient (Wildman–Crippen LogP) is 1.15. The lowest BCUT2D eigenvalue weighted by Crippen LogP contribution is -2.37. The van der Waals surface area contributed by atoms with Crippen molar-refractivity contribution in [2.45, 2.75) is 11.3 Å². The van der Waals surface area contributed by atoms with Crippen LogP contribution in [-0.4, -0.2) is 45.2 Å². The second kappa shape index (κ2) is 8.94. The molecular weight excluding hydrogens is 385 g/mol. The minimum atomic E-state index is -3.58. The first-order valence-electron chi connectivity index (χ1n) is 8.46. The van der Waals surface area contributed by atoms with Crippen LogP contribution in [0.5, 0.6) is 0 Å². The fourth-order valence-electron chi connectivity index (χ4n) is 2.49. The Bertz CT molecular complexity index is 942. The summed E-state index contributed by atoms with van der Waals surface area (Å²) in [4.78, 5) is 24.0. The highest BCUT2D eigenvalue weighted by molar-refractivity contribution is 7.89. The molecule has 0 aromatic heterocycles. The summed E-state index contributed by atoms with van der Waals surface area (Å²) >= 11 is 0. The number of hydrogen-bond acceptors (Lipinski definition) is 4. The normalized spacial score (nSPS) is 12.6. The molecule has 3 N–H and O–H groups in total. The van der Waals surface area contributed by atoms with E-state index >= 15 is 0 Å². The Balaban J connectivity index is 2.02. The third kappa shape index (κ3) is 5.37. The molecule has 9 heteroatoms. The van der Waals surface area contributed by atoms with Gasteiger partial charge >= 0.3 is 0 Å². The van der Waals surface area contributed by atoms with E-state index in [1.54, 1.807) is 12.1 Å². The maximum absolute atomic E-state index is 13.0. The van der Waals surface area contributed by atoms with Crippen molar-refractivity contribution < 1.29 is 22.4 Å². The van der Waals surface area contributed by atoms with Crippen molar-refractivity contribution in [1.82, 2.24) is 9.62 Å². The number of amides is 2. The van der Waals surface area contributed by atoms with Gasteiger partial charge in [0.15, 0.2) is 0 Å². The van der Waals surface area contributed by atoms with E-state index in [1.165, 1.54) is 50.5 Å². The quantitative estimate of drug-likeness (QED) is 0.684. The van der Waals surface area contributed by atoms with E-state index in [4.69, 9.17) is 5.73 Å². The van der Waals surface area contributed by atoms with Crippen LogP contribution >= 0.6 is 0 Å². The number of halogens is 1. The Morgan fingerprint density at radius 2 is 1.64 bits per heavy atom. The van der Waals surface area contributed by atoms with Gasteiger partial charge in [0.1, 0.15) is 5.82 Å². The SMILES string of the molecule is CN(C)S(=O)(=O)c1ccc(C(=O)NCC(Cc2ccc(F)cc2)C(N)=O)cc1. The number of carbonyl (C=O) groups is 2. The van der Waals surface area contributed by atoms with Crippen LogP contribution in [0.3, 0.4) is 0 Å². The third-order valence-electron chi connectivity index (χ3n) is 4.20. The minimum Gasteiger partial charge on any atom is -0.369 e. The molecule has 1 unspecified atom stereocenters. The van der Waals surface area contributed by atoms with Crippen LogP contribution in [-0.2, 0) is 21.2 Å². The summed E-state index contributed by atoms with van der Waals surface area (Å²) in [5, 5.41) is 2.62. The zero-order valence-corrected chi connectivity index (χ0v) is 16.4. The first-order chi connectivity index (χ1) is 13.1. The van der Waals surface area contributed by atoms with Gasteiger partial charge in [-0.1, -0.05) is 12.1 Å². The van der Waals surface area contributed by atoms with Crippen molar-refractivity contribution in [3.05, 3.63) is 65.5 Å². The van der Waals surface area contributed by atoms with E-state index in [0.717, 1.165) is 9.87 Å². The molecule has 0 aliphatic heterocycles. The van der Waals surface area contributed by atoms with Gasteiger partial charge < -0.3 is 11.1 Å². The molecule has 0 saturated heterocycles. The molecule has 2 rings (SSSR count). The number of hydrogen-bond donors (Lipinski definition) is 2. The number of rotatable bonds is 8. The number of benzene rings is 2. The van der Waals surface area contributed by atoms with Gasteiger partial charge in [0.05, 0.1) is 10.8 Å². The monoisotopic (exact) mass is 407 g/mol. The van der Waals surface area contributed by atoms with Crippen LogP contribution in [0.2, 0.25) is 0 Å². The molecule has 0 fully saturated rings. The molecule has 0 heterocycles. The van der Waals surface area contributed by atoms with Gasteiger partial charge in [0.25, 0.3) is 5.91 Å². The zero-order chi connectivity index (χ0) is 20.9. The molecule has 1 atom stereocenters. The van der Waals surface area contributed by atoms with Crippen LogP contribution in [0, 0.1) is 11.7 Å². The maximum Gasteiger partial charge on any atom is 0.251 e. The molecule has 0 radical (unpaired) electrons. The zero-order valence-electron chi connectivity index (χ0n) is 15.6. The van der Waals surface area contributed by atoms with Crippen molar-refractivity contribution >= 4 is 21.8 Å². The lowest BCUT2D eigenvalue weighted by atomic mass is 9.98. The number of nitrogens with one attached hydrogen (secondary N) is 1. The average molecular weight is 407 g/mol. The van der Waals surface area contributed by atoms with Gasteiger partial charge in [-0.25, -0.2) is 17.1 Å². The molecule has 0 spiro atoms. The van der Waals surface area contributed by atoms with Crippen LogP contribution < -0.4 is 11.1 Å². The summed E-state index contributed by atoms with van der Waals surface area (Å²) in [6.07, 6.45) is 0.260. The van der Waals surface area contributed by atoms with E-state index in [0.29, 0.717) is 0 Å². The predicted molar refractivity (Wildman–Crippen MR) is 102 cm³/mol. The summed E-state index contributed by atoms with van der Waals surface area (Å²) in [6, 6.07) is 11.2. The van der Waals surface area contributed by atoms with Crippen molar-refractivity contribution in [3.8, 4) is 0 Å². The lowest BCUT2D eigenvalue weighted by molar-refractivity contribution is -0.121. The van der Waals surface area contributed by atoms with E-state index in [1.807, 2.05) is 0 Å². The topological polar surface area (TPSA) is 110 Å². The standard InChI is InChI=1S/C19H22FN3O4S/c1-23(2)28(26,27)17-9-5-14(6-10-17)19(25)22-12-15(18(21)24)11-13-3-7-16(20)8-4-13/h3-10,15H,11-12H2,1-2H3,(H2,21,24)(H,22,25). The van der Waals surface area contributed by atoms with Gasteiger partial charge in [-0.2, -0.15) is 0 Å². The van der Waals surface area contributed by atoms with Crippen molar-refractivity contribution in [1.29, 1.82) is 0 Å². The molecule has 28 heavy (non-hydrogen) atoms. The van der Waals surface area contributed by atoms with Crippen LogP contribution in [0.25, 0.3) is 0 Å². The summed E-state index contributed by atoms with van der Waals surface area (Å²) in [7, 11) is -0.745. The van der Waals surface area contributed by atoms with Crippen LogP contribution in [0.15, 0.2) is 53.4 Å². The molecule has 150 valence electrons. The number of nitrogens with zero attached hydrogens (tertiary/aromatic N) is 1. The summed E-state index contributed by atoms with van der Waals surface area (Å²) in [5.74, 6) is -2.09. The molecule has 2 aromatic carbocycles. The number of sulfonamides is 1. The molecule has 2 aromatic rings. The van der Waals surface area contributed by atoms with Crippen molar-refractivity contribution in [3.63, 3.8) is 0 Å². The summed E-state index contributed by atoms with van der Waals surface area (Å²) < 4.78 is 38.2. The molecule has 2 amide bonds. The highest BCUT2D eigenvalue weighted by Crippen LogP contribution is 2.14. The Hall–Kier alpha value is -2.78. The summed E-state index contributed by atoms with van der Waals surface area (Å²) in [5.41, 5.74) is 6.37. The second-order valence-corrected chi connectivity index (χ2v) is 8.60. The fourth-order valence-corrected chi connectivity index (χ4v) is 3.39. The first-order valence-corrected chi connectivity index (χ1v) is 9.90. The van der Waals surface area contributed by atoms with E-state index in [-0.39, 0.29) is 29.2 Å². The molecule has 0 bridgehead atoms. The molecular formula is C19H22FN3O4S. The largest absolute Gasteiger partial charge is 0.369 e. The Morgan fingerprint density at radius 3 is 2.14 bits per heavy atom. The smallest absolute Gasteiger partial charge is 0.251 e. The van der Waals surface area contributed by atoms with Gasteiger partial charge in [0, 0.05) is 26.2 Å². The lowest BCUT2D eigenvalue weighted by Gasteiger charge is -2.15. The average Bonchev–Trinajstić information content (AvgIpc) is 2.66. The fraction of sp³-hybridized carbons (Fsp3) is 0.263. The highest BCUT2D eigenvalue weighted by Gasteiger charge is 2.19. The minimum absolute atomic E-state index is 0.00326. The van der Waals surface area contributed by atoms with Crippen molar-refractivity contribution in [2.75, 3.05) is 20.6 Å². The van der Waals surface area contributed by atoms with E-state index in [2.05, 4.69) is 5.32 Å². The molecule has 0 saturated carbocycles. The molecule has 7 nitrogen and oxygen atoms in total. The third-order valence-corrected chi connectivity index (χ3v) is 6.03. The first kappa shape index (κ1) is 21.5. The second-order valence-electron chi connectivity index (χ2n) is 6.45. The Morgan fingerprint density at radius 1 is 1.07 bits per heavy atom. The van der Waals surface area contributed by atoms with Gasteiger partial charge in [-0.3, -0.25) is 9.59 Å². The number of nitrogens with two attached hydrogens (primary N) is 1. The summed E-state index contributed by atoms with van der Waals surface area (Å²) in [6.45, 7) is 0.00326. The van der Waals surface area contributed by atoms with Gasteiger partial charge in [0.2, 0.25) is 15.9 Å². The van der Waals surface area contributed by atoms with Crippen molar-refractivity contribution in [2.24, 2.45) is 11.7 Å². The maximum atomic E-state index is 13.0. The van der Waals surface area contributed by atoms with Gasteiger partial charge in [-0.15, -0.1) is 0 Å². The van der Waals surface area contributed by atoms with E-state index < -0.39 is 27.8 Å². The molecule has 0 aliphatic rings. The van der Waals surface area contributed by atoms with Gasteiger partial charge in [-0.05, 0) is 48.4 Å². The molecule has 0 aliphatic carbocycles.